The highest BCUT2D eigenvalue weighted by Gasteiger charge is 2.30. The van der Waals surface area contributed by atoms with Gasteiger partial charge in [0.2, 0.25) is 0 Å². The summed E-state index contributed by atoms with van der Waals surface area (Å²) < 4.78 is 4.88. The van der Waals surface area contributed by atoms with E-state index in [1.54, 1.807) is 0 Å². The number of hydrogen-bond donors (Lipinski definition) is 1. The second-order valence-electron chi connectivity index (χ2n) is 3.31. The van der Waals surface area contributed by atoms with Gasteiger partial charge in [-0.25, -0.2) is 4.79 Å². The molecule has 2 aliphatic rings. The van der Waals surface area contributed by atoms with Crippen LogP contribution in [-0.4, -0.2) is 43.3 Å². The molecule has 1 atom stereocenters. The first-order valence-electron chi connectivity index (χ1n) is 4.52. The highest BCUT2D eigenvalue weighted by Crippen LogP contribution is 2.14. The van der Waals surface area contributed by atoms with Crippen LogP contribution in [0.4, 0.5) is 4.79 Å². The summed E-state index contributed by atoms with van der Waals surface area (Å²) in [7, 11) is 0. The van der Waals surface area contributed by atoms with Crippen LogP contribution in [-0.2, 0) is 4.74 Å². The van der Waals surface area contributed by atoms with Gasteiger partial charge in [0, 0.05) is 12.6 Å². The van der Waals surface area contributed by atoms with Crippen LogP contribution < -0.4 is 5.32 Å². The van der Waals surface area contributed by atoms with Crippen molar-refractivity contribution < 1.29 is 9.53 Å². The molecule has 2 fully saturated rings. The smallest absolute Gasteiger partial charge is 0.410 e. The molecule has 1 unspecified atom stereocenters. The molecular formula is C8H14N2O2. The molecule has 2 heterocycles. The number of carbonyl (C=O) groups excluding carboxylic acids is 1. The van der Waals surface area contributed by atoms with Gasteiger partial charge in [-0.15, -0.1) is 0 Å². The molecular weight excluding hydrogens is 156 g/mol. The third-order valence-corrected chi connectivity index (χ3v) is 2.50. The minimum atomic E-state index is -0.135. The molecule has 0 bridgehead atoms. The predicted molar refractivity (Wildman–Crippen MR) is 43.9 cm³/mol. The average Bonchev–Trinajstić information content (AvgIpc) is 2.53. The summed E-state index contributed by atoms with van der Waals surface area (Å²) >= 11 is 0. The zero-order valence-electron chi connectivity index (χ0n) is 7.08. The SMILES string of the molecule is O=C1OCCN1C1CCCNC1. The molecule has 0 spiro atoms. The van der Waals surface area contributed by atoms with Gasteiger partial charge in [0.1, 0.15) is 6.61 Å². The summed E-state index contributed by atoms with van der Waals surface area (Å²) in [6.07, 6.45) is 2.14. The Morgan fingerprint density at radius 1 is 1.58 bits per heavy atom. The molecule has 4 nitrogen and oxygen atoms in total. The molecule has 0 aromatic rings. The molecule has 0 aromatic carbocycles. The van der Waals surface area contributed by atoms with Crippen molar-refractivity contribution in [2.24, 2.45) is 0 Å². The van der Waals surface area contributed by atoms with E-state index in [9.17, 15) is 4.79 Å². The van der Waals surface area contributed by atoms with Gasteiger partial charge in [0.05, 0.1) is 6.54 Å². The molecule has 0 saturated carbocycles. The number of ether oxygens (including phenoxy) is 1. The normalized spacial score (nSPS) is 30.5. The maximum absolute atomic E-state index is 11.1. The van der Waals surface area contributed by atoms with Crippen LogP contribution in [0, 0.1) is 0 Å². The van der Waals surface area contributed by atoms with E-state index in [1.165, 1.54) is 0 Å². The largest absolute Gasteiger partial charge is 0.448 e. The zero-order chi connectivity index (χ0) is 8.39. The fraction of sp³-hybridized carbons (Fsp3) is 0.875. The van der Waals surface area contributed by atoms with Crippen LogP contribution in [0.5, 0.6) is 0 Å². The van der Waals surface area contributed by atoms with Gasteiger partial charge in [-0.1, -0.05) is 0 Å². The van der Waals surface area contributed by atoms with Crippen LogP contribution in [0.15, 0.2) is 0 Å². The zero-order valence-corrected chi connectivity index (χ0v) is 7.08. The fourth-order valence-corrected chi connectivity index (χ4v) is 1.84. The van der Waals surface area contributed by atoms with Gasteiger partial charge in [0.25, 0.3) is 0 Å². The minimum absolute atomic E-state index is 0.135. The summed E-state index contributed by atoms with van der Waals surface area (Å²) in [5, 5.41) is 3.28. The maximum Gasteiger partial charge on any atom is 0.410 e. The summed E-state index contributed by atoms with van der Waals surface area (Å²) in [5.41, 5.74) is 0. The summed E-state index contributed by atoms with van der Waals surface area (Å²) in [4.78, 5) is 13.0. The Labute approximate surface area is 71.9 Å². The molecule has 1 N–H and O–H groups in total. The maximum atomic E-state index is 11.1. The van der Waals surface area contributed by atoms with E-state index < -0.39 is 0 Å². The predicted octanol–water partition coefficient (Wildman–Crippen LogP) is 0.191. The van der Waals surface area contributed by atoms with Gasteiger partial charge >= 0.3 is 6.09 Å². The van der Waals surface area contributed by atoms with Crippen LogP contribution in [0.3, 0.4) is 0 Å². The molecule has 0 aromatic heterocycles. The molecule has 4 heteroatoms. The first-order valence-corrected chi connectivity index (χ1v) is 4.52. The minimum Gasteiger partial charge on any atom is -0.448 e. The van der Waals surface area contributed by atoms with Crippen LogP contribution >= 0.6 is 0 Å². The molecule has 1 amide bonds. The monoisotopic (exact) mass is 170 g/mol. The lowest BCUT2D eigenvalue weighted by Gasteiger charge is -2.29. The first kappa shape index (κ1) is 7.86. The summed E-state index contributed by atoms with van der Waals surface area (Å²) in [6, 6.07) is 0.369. The van der Waals surface area contributed by atoms with E-state index >= 15 is 0 Å². The number of nitrogens with zero attached hydrogens (tertiary/aromatic N) is 1. The third kappa shape index (κ3) is 1.39. The number of amides is 1. The van der Waals surface area contributed by atoms with Gasteiger partial charge in [-0.2, -0.15) is 0 Å². The quantitative estimate of drug-likeness (QED) is 0.611. The Bertz CT molecular complexity index is 178. The number of nitrogens with one attached hydrogen (secondary N) is 1. The number of cyclic esters (lactones) is 1. The lowest BCUT2D eigenvalue weighted by Crippen LogP contribution is -2.46. The van der Waals surface area contributed by atoms with Crippen molar-refractivity contribution in [2.45, 2.75) is 18.9 Å². The number of piperidine rings is 1. The van der Waals surface area contributed by atoms with E-state index in [2.05, 4.69) is 5.32 Å². The van der Waals surface area contributed by atoms with Crippen molar-refractivity contribution in [1.29, 1.82) is 0 Å². The molecule has 0 radical (unpaired) electrons. The van der Waals surface area contributed by atoms with Gasteiger partial charge < -0.3 is 15.0 Å². The number of rotatable bonds is 1. The van der Waals surface area contributed by atoms with Crippen molar-refractivity contribution in [1.82, 2.24) is 10.2 Å². The highest BCUT2D eigenvalue weighted by atomic mass is 16.6. The highest BCUT2D eigenvalue weighted by molar-refractivity contribution is 5.69. The molecule has 12 heavy (non-hydrogen) atoms. The Balaban J connectivity index is 1.93. The van der Waals surface area contributed by atoms with E-state index in [-0.39, 0.29) is 6.09 Å². The number of carbonyl (C=O) groups is 1. The Kier molecular flexibility index (Phi) is 2.17. The first-order chi connectivity index (χ1) is 5.88. The van der Waals surface area contributed by atoms with Crippen LogP contribution in [0.2, 0.25) is 0 Å². The Morgan fingerprint density at radius 2 is 2.50 bits per heavy atom. The van der Waals surface area contributed by atoms with Gasteiger partial charge in [0.15, 0.2) is 0 Å². The summed E-state index contributed by atoms with van der Waals surface area (Å²) in [5.74, 6) is 0. The van der Waals surface area contributed by atoms with E-state index in [0.717, 1.165) is 32.5 Å². The molecule has 2 saturated heterocycles. The van der Waals surface area contributed by atoms with Crippen LogP contribution in [0.1, 0.15) is 12.8 Å². The van der Waals surface area contributed by atoms with E-state index in [0.29, 0.717) is 12.6 Å². The third-order valence-electron chi connectivity index (χ3n) is 2.50. The summed E-state index contributed by atoms with van der Waals surface area (Å²) in [6.45, 7) is 3.34. The standard InChI is InChI=1S/C8H14N2O2/c11-8-10(4-5-12-8)7-2-1-3-9-6-7/h7,9H,1-6H2. The molecule has 68 valence electrons. The Morgan fingerprint density at radius 3 is 3.08 bits per heavy atom. The van der Waals surface area contributed by atoms with Crippen molar-refractivity contribution in [3.63, 3.8) is 0 Å². The molecule has 2 rings (SSSR count). The van der Waals surface area contributed by atoms with E-state index in [4.69, 9.17) is 4.74 Å². The second kappa shape index (κ2) is 3.31. The number of hydrogen-bond acceptors (Lipinski definition) is 3. The Hall–Kier alpha value is -0.770. The van der Waals surface area contributed by atoms with Crippen molar-refractivity contribution in [3.05, 3.63) is 0 Å². The topological polar surface area (TPSA) is 41.6 Å². The van der Waals surface area contributed by atoms with Gasteiger partial charge in [-0.05, 0) is 19.4 Å². The van der Waals surface area contributed by atoms with Crippen molar-refractivity contribution in [2.75, 3.05) is 26.2 Å². The molecule has 0 aliphatic carbocycles. The second-order valence-corrected chi connectivity index (χ2v) is 3.31. The lowest BCUT2D eigenvalue weighted by molar-refractivity contribution is 0.141. The lowest BCUT2D eigenvalue weighted by atomic mass is 10.1. The fourth-order valence-electron chi connectivity index (χ4n) is 1.84. The van der Waals surface area contributed by atoms with Crippen molar-refractivity contribution in [3.8, 4) is 0 Å². The van der Waals surface area contributed by atoms with Crippen molar-refractivity contribution >= 4 is 6.09 Å². The van der Waals surface area contributed by atoms with Crippen LogP contribution in [0.25, 0.3) is 0 Å². The van der Waals surface area contributed by atoms with E-state index in [1.807, 2.05) is 4.90 Å². The molecule has 2 aliphatic heterocycles. The van der Waals surface area contributed by atoms with Gasteiger partial charge in [-0.3, -0.25) is 0 Å². The average molecular weight is 170 g/mol.